The Labute approximate surface area is 269 Å². The molecule has 0 aromatic heterocycles. The first-order chi connectivity index (χ1) is 19.2. The zero-order valence-corrected chi connectivity index (χ0v) is 28.2. The smallest absolute Gasteiger partial charge is 0.104 e. The van der Waals surface area contributed by atoms with Crippen molar-refractivity contribution in [1.82, 2.24) is 10.2 Å². The minimum atomic E-state index is -0.334. The Balaban J connectivity index is 0.000000353. The van der Waals surface area contributed by atoms with Crippen molar-refractivity contribution >= 4 is 23.5 Å². The van der Waals surface area contributed by atoms with E-state index in [1.807, 2.05) is 23.5 Å². The molecule has 0 radical (unpaired) electrons. The molecule has 5 fully saturated rings. The summed E-state index contributed by atoms with van der Waals surface area (Å²) < 4.78 is 17.3. The third kappa shape index (κ3) is 15.6. The predicted octanol–water partition coefficient (Wildman–Crippen LogP) is 7.25. The molecule has 2 N–H and O–H groups in total. The second kappa shape index (κ2) is 22.1. The SMILES string of the molecule is C.C.C1CSCN1.CC1CCC(C(C)C)C(OCC(O)CN2CCSC2)C1.CC1CCC(C(C)C)C(OCC2CO2)C1. The van der Waals surface area contributed by atoms with Gasteiger partial charge in [0, 0.05) is 42.9 Å². The minimum absolute atomic E-state index is 0. The fourth-order valence-electron chi connectivity index (χ4n) is 6.55. The van der Waals surface area contributed by atoms with Gasteiger partial charge in [-0.05, 0) is 61.2 Å². The number of nitrogens with zero attached hydrogens (tertiary/aromatic N) is 1. The molecule has 3 heterocycles. The van der Waals surface area contributed by atoms with Crippen LogP contribution in [0, 0.1) is 35.5 Å². The fraction of sp³-hybridized carbons (Fsp3) is 1.00. The first-order valence-electron chi connectivity index (χ1n) is 16.3. The number of aliphatic hydroxyl groups is 1. The summed E-state index contributed by atoms with van der Waals surface area (Å²) in [6.07, 6.45) is 8.65. The molecule has 2 aliphatic carbocycles. The van der Waals surface area contributed by atoms with E-state index in [2.05, 4.69) is 51.8 Å². The van der Waals surface area contributed by atoms with Gasteiger partial charge in [0.25, 0.3) is 0 Å². The average Bonchev–Trinajstić information content (AvgIpc) is 3.30. The number of rotatable bonds is 10. The van der Waals surface area contributed by atoms with E-state index in [9.17, 15) is 5.11 Å². The molecule has 5 aliphatic rings. The summed E-state index contributed by atoms with van der Waals surface area (Å²) in [5.74, 6) is 9.20. The molecule has 0 amide bonds. The minimum Gasteiger partial charge on any atom is -0.389 e. The van der Waals surface area contributed by atoms with Gasteiger partial charge in [0.2, 0.25) is 0 Å². The summed E-state index contributed by atoms with van der Waals surface area (Å²) in [6, 6.07) is 0. The third-order valence-electron chi connectivity index (χ3n) is 9.25. The highest BCUT2D eigenvalue weighted by atomic mass is 32.2. The van der Waals surface area contributed by atoms with Gasteiger partial charge < -0.3 is 24.6 Å². The molecule has 6 nitrogen and oxygen atoms in total. The van der Waals surface area contributed by atoms with Gasteiger partial charge in [-0.15, -0.1) is 23.5 Å². The summed E-state index contributed by atoms with van der Waals surface area (Å²) in [7, 11) is 0. The summed E-state index contributed by atoms with van der Waals surface area (Å²) in [5, 5.41) is 13.3. The summed E-state index contributed by atoms with van der Waals surface area (Å²) in [4.78, 5) is 2.32. The van der Waals surface area contributed by atoms with Crippen LogP contribution in [0.4, 0.5) is 0 Å². The number of aliphatic hydroxyl groups excluding tert-OH is 1. The maximum absolute atomic E-state index is 10.2. The Morgan fingerprint density at radius 3 is 1.90 bits per heavy atom. The van der Waals surface area contributed by atoms with Crippen LogP contribution in [0.3, 0.4) is 0 Å². The van der Waals surface area contributed by atoms with Crippen LogP contribution >= 0.6 is 23.5 Å². The lowest BCUT2D eigenvalue weighted by Gasteiger charge is -2.37. The van der Waals surface area contributed by atoms with Gasteiger partial charge in [-0.1, -0.05) is 69.2 Å². The molecule has 3 saturated heterocycles. The maximum atomic E-state index is 10.2. The molecule has 0 aromatic carbocycles. The van der Waals surface area contributed by atoms with Crippen molar-refractivity contribution < 1.29 is 19.3 Å². The van der Waals surface area contributed by atoms with Gasteiger partial charge in [0.1, 0.15) is 6.10 Å². The highest BCUT2D eigenvalue weighted by Crippen LogP contribution is 2.36. The number of ether oxygens (including phenoxy) is 3. The Kier molecular flexibility index (Phi) is 21.3. The Morgan fingerprint density at radius 1 is 0.881 bits per heavy atom. The van der Waals surface area contributed by atoms with Gasteiger partial charge in [0.15, 0.2) is 0 Å². The highest BCUT2D eigenvalue weighted by molar-refractivity contribution is 7.99. The normalized spacial score (nSPS) is 33.5. The number of hydrogen-bond acceptors (Lipinski definition) is 8. The Morgan fingerprint density at radius 2 is 1.48 bits per heavy atom. The van der Waals surface area contributed by atoms with E-state index in [4.69, 9.17) is 14.2 Å². The van der Waals surface area contributed by atoms with Crippen LogP contribution < -0.4 is 5.32 Å². The number of nitrogens with one attached hydrogen (secondary N) is 1. The fourth-order valence-corrected chi connectivity index (χ4v) is 8.28. The average molecular weight is 635 g/mol. The van der Waals surface area contributed by atoms with Crippen LogP contribution in [0.25, 0.3) is 0 Å². The summed E-state index contributed by atoms with van der Waals surface area (Å²) >= 11 is 3.91. The molecule has 8 unspecified atom stereocenters. The molecule has 8 atom stereocenters. The van der Waals surface area contributed by atoms with Crippen molar-refractivity contribution in [3.8, 4) is 0 Å². The Hall–Kier alpha value is 0.460. The first-order valence-corrected chi connectivity index (χ1v) is 18.6. The summed E-state index contributed by atoms with van der Waals surface area (Å²) in [6.45, 7) is 19.2. The van der Waals surface area contributed by atoms with Crippen LogP contribution in [0.5, 0.6) is 0 Å². The largest absolute Gasteiger partial charge is 0.389 e. The molecule has 0 bridgehead atoms. The quantitative estimate of drug-likeness (QED) is 0.244. The standard InChI is InChI=1S/C16H31NO2S.C13H24O2.C3H7NS.2CH4/c1-12(2)15-5-4-13(3)8-16(15)19-10-14(18)9-17-6-7-20-11-17;1-9(2)12-5-4-10(3)6-13(12)15-8-11-7-14-11;1-2-5-3-4-1;;/h12-16,18H,4-11H2,1-3H3;9-13H,4-8H2,1-3H3;4H,1-3H2;2*1H4. The number of β-amino-alcohol motifs (C(OH)–C–C–N with tert-alkyl or cyclic N) is 1. The molecule has 0 aromatic rings. The molecule has 0 spiro atoms. The number of hydrogen-bond donors (Lipinski definition) is 2. The van der Waals surface area contributed by atoms with E-state index in [0.29, 0.717) is 36.8 Å². The molecular formula is C34H70N2O4S2. The molecule has 5 rings (SSSR count). The lowest BCUT2D eigenvalue weighted by atomic mass is 9.75. The van der Waals surface area contributed by atoms with Crippen molar-refractivity contribution in [3.05, 3.63) is 0 Å². The lowest BCUT2D eigenvalue weighted by molar-refractivity contribution is -0.0727. The highest BCUT2D eigenvalue weighted by Gasteiger charge is 2.34. The number of thioether (sulfide) groups is 2. The van der Waals surface area contributed by atoms with E-state index in [1.165, 1.54) is 56.0 Å². The lowest BCUT2D eigenvalue weighted by Crippen LogP contribution is -2.38. The zero-order chi connectivity index (χ0) is 28.9. The monoisotopic (exact) mass is 634 g/mol. The van der Waals surface area contributed by atoms with Gasteiger partial charge in [0.05, 0.1) is 38.1 Å². The van der Waals surface area contributed by atoms with Crippen molar-refractivity contribution in [2.45, 2.75) is 119 Å². The second-order valence-electron chi connectivity index (χ2n) is 13.7. The van der Waals surface area contributed by atoms with Crippen LogP contribution in [-0.4, -0.2) is 97.1 Å². The van der Waals surface area contributed by atoms with Crippen LogP contribution in [-0.2, 0) is 14.2 Å². The second-order valence-corrected chi connectivity index (χ2v) is 15.9. The van der Waals surface area contributed by atoms with Crippen LogP contribution in [0.15, 0.2) is 0 Å². The predicted molar refractivity (Wildman–Crippen MR) is 186 cm³/mol. The number of epoxide rings is 1. The third-order valence-corrected chi connectivity index (χ3v) is 11.2. The van der Waals surface area contributed by atoms with Crippen LogP contribution in [0.2, 0.25) is 0 Å². The van der Waals surface area contributed by atoms with E-state index in [0.717, 1.165) is 62.3 Å². The first kappa shape index (κ1) is 40.5. The van der Waals surface area contributed by atoms with Gasteiger partial charge in [-0.3, -0.25) is 4.90 Å². The van der Waals surface area contributed by atoms with E-state index in [-0.39, 0.29) is 21.0 Å². The van der Waals surface area contributed by atoms with Gasteiger partial charge in [-0.25, -0.2) is 0 Å². The van der Waals surface area contributed by atoms with Crippen molar-refractivity contribution in [3.63, 3.8) is 0 Å². The van der Waals surface area contributed by atoms with Gasteiger partial charge in [-0.2, -0.15) is 0 Å². The topological polar surface area (TPSA) is 66.5 Å². The molecule has 8 heteroatoms. The molecule has 252 valence electrons. The summed E-state index contributed by atoms with van der Waals surface area (Å²) in [5.41, 5.74) is 0. The molecular weight excluding hydrogens is 565 g/mol. The zero-order valence-electron chi connectivity index (χ0n) is 26.5. The van der Waals surface area contributed by atoms with E-state index < -0.39 is 0 Å². The van der Waals surface area contributed by atoms with Crippen molar-refractivity contribution in [1.29, 1.82) is 0 Å². The van der Waals surface area contributed by atoms with Crippen LogP contribution in [0.1, 0.15) is 94.9 Å². The maximum Gasteiger partial charge on any atom is 0.104 e. The molecule has 42 heavy (non-hydrogen) atoms. The van der Waals surface area contributed by atoms with Crippen molar-refractivity contribution in [2.75, 3.05) is 62.7 Å². The molecule has 2 saturated carbocycles. The van der Waals surface area contributed by atoms with E-state index >= 15 is 0 Å². The van der Waals surface area contributed by atoms with Gasteiger partial charge >= 0.3 is 0 Å². The van der Waals surface area contributed by atoms with Crippen molar-refractivity contribution in [2.24, 2.45) is 35.5 Å². The van der Waals surface area contributed by atoms with E-state index in [1.54, 1.807) is 0 Å². The Bertz CT molecular complexity index is 652. The molecule has 3 aliphatic heterocycles.